The van der Waals surface area contributed by atoms with E-state index in [1.54, 1.807) is 107 Å². The van der Waals surface area contributed by atoms with Crippen molar-refractivity contribution in [2.45, 2.75) is 129 Å². The van der Waals surface area contributed by atoms with Crippen molar-refractivity contribution in [3.8, 4) is 46.0 Å². The number of methoxy groups -OCH3 is 4. The van der Waals surface area contributed by atoms with Gasteiger partial charge in [-0.1, -0.05) is 44.5 Å². The Kier molecular flexibility index (Phi) is 47.9. The van der Waals surface area contributed by atoms with Gasteiger partial charge in [-0.15, -0.1) is 5.53 Å². The molecule has 2 aliphatic rings. The molecular weight excluding hydrogens is 1510 g/mol. The maximum Gasteiger partial charge on any atom is 0.341 e. The predicted octanol–water partition coefficient (Wildman–Crippen LogP) is 15.9. The molecule has 0 saturated heterocycles. The molecule has 2 aliphatic carbocycles. The number of rotatable bonds is 43. The molecule has 27 heteroatoms. The Labute approximate surface area is 686 Å². The fraction of sp³-hybridized carbons (Fsp3) is 0.400. The highest BCUT2D eigenvalue weighted by Crippen LogP contribution is 2.36. The number of hydrazine groups is 2. The topological polar surface area (TPSA) is 327 Å². The molecular formula is C90H113N3O24. The van der Waals surface area contributed by atoms with Crippen LogP contribution in [0.15, 0.2) is 196 Å². The van der Waals surface area contributed by atoms with Crippen molar-refractivity contribution in [3.05, 3.63) is 207 Å². The number of benzene rings is 6. The zero-order chi connectivity index (χ0) is 85.4. The van der Waals surface area contributed by atoms with Gasteiger partial charge in [0.15, 0.2) is 5.75 Å². The maximum absolute atomic E-state index is 13.0. The molecule has 0 atom stereocenters. The molecule has 0 amide bonds. The Morgan fingerprint density at radius 1 is 0.368 bits per heavy atom. The molecule has 0 spiro atoms. The molecule has 632 valence electrons. The summed E-state index contributed by atoms with van der Waals surface area (Å²) in [5, 5.41) is 1.76. The van der Waals surface area contributed by atoms with Gasteiger partial charge in [0.1, 0.15) is 51.8 Å². The van der Waals surface area contributed by atoms with Gasteiger partial charge in [0.25, 0.3) is 0 Å². The Morgan fingerprint density at radius 2 is 0.692 bits per heavy atom. The van der Waals surface area contributed by atoms with Crippen LogP contribution in [0.1, 0.15) is 150 Å². The third-order valence-corrected chi connectivity index (χ3v) is 18.1. The van der Waals surface area contributed by atoms with E-state index in [9.17, 15) is 47.9 Å². The molecule has 8 rings (SSSR count). The number of Topliss-reactive ketones (excluding diaryl/α,β-unsaturated/α-hetero) is 2. The zero-order valence-electron chi connectivity index (χ0n) is 68.2. The lowest BCUT2D eigenvalue weighted by atomic mass is 9.80. The normalized spacial score (nSPS) is 14.1. The first-order chi connectivity index (χ1) is 56.6. The third kappa shape index (κ3) is 40.5. The van der Waals surface area contributed by atoms with Gasteiger partial charge in [-0.3, -0.25) is 24.2 Å². The van der Waals surface area contributed by atoms with Gasteiger partial charge in [0, 0.05) is 49.3 Å². The molecule has 6 aromatic carbocycles. The number of carbonyl (C=O) groups excluding carboxylic acids is 10. The first kappa shape index (κ1) is 97.1. The number of ketones is 2. The van der Waals surface area contributed by atoms with Crippen LogP contribution in [0.3, 0.4) is 0 Å². The zero-order valence-corrected chi connectivity index (χ0v) is 68.2. The molecule has 6 aromatic rings. The van der Waals surface area contributed by atoms with Gasteiger partial charge in [-0.2, -0.15) is 0 Å². The van der Waals surface area contributed by atoms with E-state index >= 15 is 0 Å². The molecule has 27 nitrogen and oxygen atoms in total. The summed E-state index contributed by atoms with van der Waals surface area (Å²) in [6.07, 6.45) is 18.7. The van der Waals surface area contributed by atoms with Crippen molar-refractivity contribution in [1.82, 2.24) is 5.53 Å². The Balaban J connectivity index is 0.000000324. The lowest BCUT2D eigenvalue weighted by Gasteiger charge is -2.27. The van der Waals surface area contributed by atoms with Crippen molar-refractivity contribution >= 4 is 70.7 Å². The van der Waals surface area contributed by atoms with Crippen LogP contribution in [0.5, 0.6) is 46.0 Å². The van der Waals surface area contributed by atoms with Gasteiger partial charge in [-0.25, -0.2) is 28.8 Å². The number of nitrogens with one attached hydrogen (secondary N) is 2. The van der Waals surface area contributed by atoms with Crippen LogP contribution in [0.4, 0.5) is 11.4 Å². The second-order valence-corrected chi connectivity index (χ2v) is 26.5. The fourth-order valence-corrected chi connectivity index (χ4v) is 11.2. The van der Waals surface area contributed by atoms with Crippen molar-refractivity contribution in [2.24, 2.45) is 23.7 Å². The average Bonchev–Trinajstić information content (AvgIpc) is 0.827. The second kappa shape index (κ2) is 57.7. The van der Waals surface area contributed by atoms with Crippen molar-refractivity contribution in [2.75, 3.05) is 92.4 Å². The second-order valence-electron chi connectivity index (χ2n) is 26.5. The van der Waals surface area contributed by atoms with E-state index in [0.717, 1.165) is 111 Å². The number of anilines is 2. The molecule has 0 bridgehead atoms. The molecule has 0 aliphatic heterocycles. The van der Waals surface area contributed by atoms with E-state index < -0.39 is 24.7 Å². The molecule has 2 N–H and O–H groups in total. The van der Waals surface area contributed by atoms with E-state index in [1.165, 1.54) is 13.2 Å². The van der Waals surface area contributed by atoms with Gasteiger partial charge >= 0.3 is 47.8 Å². The van der Waals surface area contributed by atoms with E-state index in [4.69, 9.17) is 61.6 Å². The van der Waals surface area contributed by atoms with E-state index in [-0.39, 0.29) is 65.1 Å². The van der Waals surface area contributed by atoms with Gasteiger partial charge in [-0.05, 0) is 251 Å². The molecule has 2 fully saturated rings. The Bertz CT molecular complexity index is 4000. The number of ether oxygens (including phenoxy) is 14. The SMILES string of the molecule is C=CC(=O)OCCCCCCOC(=O)c1ccc(OC)cc1.C=CC(=O)OCCCCCCOc1ccc(OC)cc1.C=CC(=O)OCCCCOc1ccc(OC)cc1.C=CC(=O)OCOC(=O)c1ccc(OC)cc1.CC(=O)C1CCC(C(=O)Oc2ccc(OC(=O)C3CCC(C(C)=O)CC3)c(NNN(C)c3ccccc3)c2)CC1. The highest BCUT2D eigenvalue weighted by molar-refractivity contribution is 5.90. The number of para-hydroxylation sites is 1. The predicted molar refractivity (Wildman–Crippen MR) is 441 cm³/mol. The summed E-state index contributed by atoms with van der Waals surface area (Å²) in [6, 6.07) is 42.6. The third-order valence-electron chi connectivity index (χ3n) is 18.1. The standard InChI is InChI=1S/C31H39N3O6.C17H22O5.C16H22O4.C14H18O4.C12H12O5/c1-20(35)22-9-13-24(14-10-22)30(37)39-27-17-18-29(40-31(38)25-15-11-23(12-16-25)21(2)36)28(19-27)32-33-34(3)26-7-5-4-6-8-26;1-3-16(18)21-12-6-4-5-7-13-22-17(19)14-8-10-15(20-2)11-9-14;1-3-16(17)20-13-7-5-4-6-12-19-15-10-8-14(18-2)9-11-15;1-3-14(15)18-11-5-4-10-17-13-8-6-12(16-2)7-9-13;1-3-11(13)16-8-17-12(14)9-4-6-10(15-2)7-5-9/h4-8,17-19,22-25,32-33H,9-16H2,1-3H3;3,8-11H,1,4-7,12-13H2,2H3;3,8-11H,1,4-7,12-13H2,2H3;3,6-9H,1,4-5,10-11H2,2H3;3-7H,1,8H2,2H3. The van der Waals surface area contributed by atoms with Crippen LogP contribution in [0, 0.1) is 23.7 Å². The number of hydrogen-bond acceptors (Lipinski definition) is 27. The van der Waals surface area contributed by atoms with Crippen LogP contribution in [-0.2, 0) is 66.8 Å². The molecule has 117 heavy (non-hydrogen) atoms. The van der Waals surface area contributed by atoms with Crippen LogP contribution < -0.4 is 53.9 Å². The summed E-state index contributed by atoms with van der Waals surface area (Å²) in [4.78, 5) is 115. The summed E-state index contributed by atoms with van der Waals surface area (Å²) < 4.78 is 71.7. The van der Waals surface area contributed by atoms with Crippen LogP contribution >= 0.6 is 0 Å². The van der Waals surface area contributed by atoms with Crippen molar-refractivity contribution in [3.63, 3.8) is 0 Å². The van der Waals surface area contributed by atoms with Crippen LogP contribution in [0.2, 0.25) is 0 Å². The number of hydrogen-bond donors (Lipinski definition) is 2. The minimum absolute atomic E-state index is 0.0190. The maximum atomic E-state index is 13.0. The van der Waals surface area contributed by atoms with Gasteiger partial charge in [0.2, 0.25) is 6.79 Å². The van der Waals surface area contributed by atoms with Crippen LogP contribution in [-0.4, -0.2) is 141 Å². The number of nitrogens with zero attached hydrogens (tertiary/aromatic N) is 1. The number of carbonyl (C=O) groups is 10. The highest BCUT2D eigenvalue weighted by atomic mass is 16.7. The summed E-state index contributed by atoms with van der Waals surface area (Å²) >= 11 is 0. The lowest BCUT2D eigenvalue weighted by Crippen LogP contribution is -2.39. The smallest absolute Gasteiger partial charge is 0.341 e. The minimum atomic E-state index is -0.646. The Hall–Kier alpha value is -12.3. The molecule has 0 heterocycles. The molecule has 0 unspecified atom stereocenters. The summed E-state index contributed by atoms with van der Waals surface area (Å²) in [7, 11) is 8.21. The lowest BCUT2D eigenvalue weighted by molar-refractivity contribution is -0.146. The summed E-state index contributed by atoms with van der Waals surface area (Å²) in [5.74, 6) is 1.77. The first-order valence-electron chi connectivity index (χ1n) is 38.8. The van der Waals surface area contributed by atoms with Crippen molar-refractivity contribution in [1.29, 1.82) is 0 Å². The monoisotopic (exact) mass is 1620 g/mol. The van der Waals surface area contributed by atoms with E-state index in [1.807, 2.05) is 85.9 Å². The first-order valence-corrected chi connectivity index (χ1v) is 38.8. The molecule has 2 saturated carbocycles. The van der Waals surface area contributed by atoms with Crippen molar-refractivity contribution < 1.29 is 114 Å². The summed E-state index contributed by atoms with van der Waals surface area (Å²) in [5.41, 5.74) is 8.34. The summed E-state index contributed by atoms with van der Waals surface area (Å²) in [6.45, 7) is 18.9. The minimum Gasteiger partial charge on any atom is -0.497 e. The fourth-order valence-electron chi connectivity index (χ4n) is 11.2. The van der Waals surface area contributed by atoms with Gasteiger partial charge < -0.3 is 71.7 Å². The quantitative estimate of drug-likeness (QED) is 0.00683. The largest absolute Gasteiger partial charge is 0.497 e. The number of esters is 8. The van der Waals surface area contributed by atoms with Crippen LogP contribution in [0.25, 0.3) is 0 Å². The highest BCUT2D eigenvalue weighted by Gasteiger charge is 2.32. The average molecular weight is 1620 g/mol. The molecule has 0 aromatic heterocycles. The van der Waals surface area contributed by atoms with E-state index in [2.05, 4.69) is 42.0 Å². The van der Waals surface area contributed by atoms with E-state index in [0.29, 0.717) is 131 Å². The number of unbranched alkanes of at least 4 members (excludes halogenated alkanes) is 7. The molecule has 0 radical (unpaired) electrons. The Morgan fingerprint density at radius 3 is 1.09 bits per heavy atom. The van der Waals surface area contributed by atoms with Gasteiger partial charge in [0.05, 0.1) is 102 Å².